The number of hydrogen-bond acceptors (Lipinski definition) is 5. The number of halogens is 1. The molecular weight excluding hydrogens is 392 g/mol. The third kappa shape index (κ3) is 5.32. The van der Waals surface area contributed by atoms with Gasteiger partial charge in [0.15, 0.2) is 0 Å². The summed E-state index contributed by atoms with van der Waals surface area (Å²) in [5, 5.41) is 5.09. The highest BCUT2D eigenvalue weighted by Crippen LogP contribution is 2.15. The van der Waals surface area contributed by atoms with Crippen molar-refractivity contribution < 1.29 is 23.9 Å². The maximum absolute atomic E-state index is 12.1. The zero-order valence-corrected chi connectivity index (χ0v) is 15.5. The van der Waals surface area contributed by atoms with Crippen LogP contribution in [-0.2, 0) is 25.5 Å². The Bertz CT molecular complexity index is 699. The standard InChI is InChI=1S/C17H19BrN2O5/c1-3-24-16(22)15-10(2)19-17(23)20-13(15)9-25-14(21)8-11-4-6-12(18)7-5-11/h4-7,10H,3,8-9H2,1-2H3,(H2,19,20,23)/t10-/m1/s1. The van der Waals surface area contributed by atoms with Crippen LogP contribution in [0.25, 0.3) is 0 Å². The number of carbonyl (C=O) groups is 3. The maximum atomic E-state index is 12.1. The van der Waals surface area contributed by atoms with E-state index >= 15 is 0 Å². The van der Waals surface area contributed by atoms with Gasteiger partial charge in [-0.05, 0) is 31.5 Å². The molecule has 8 heteroatoms. The van der Waals surface area contributed by atoms with Crippen LogP contribution in [-0.4, -0.2) is 37.2 Å². The van der Waals surface area contributed by atoms with Crippen LogP contribution in [0.2, 0.25) is 0 Å². The molecule has 0 spiro atoms. The minimum Gasteiger partial charge on any atom is -0.463 e. The zero-order valence-electron chi connectivity index (χ0n) is 13.9. The predicted molar refractivity (Wildman–Crippen MR) is 93.6 cm³/mol. The lowest BCUT2D eigenvalue weighted by molar-refractivity contribution is -0.143. The summed E-state index contributed by atoms with van der Waals surface area (Å²) in [5.41, 5.74) is 1.28. The average Bonchev–Trinajstić information content (AvgIpc) is 2.54. The summed E-state index contributed by atoms with van der Waals surface area (Å²) in [4.78, 5) is 35.7. The molecular formula is C17H19BrN2O5. The van der Waals surface area contributed by atoms with Crippen LogP contribution in [0.15, 0.2) is 40.0 Å². The number of amides is 2. The number of nitrogens with one attached hydrogen (secondary N) is 2. The third-order valence-electron chi connectivity index (χ3n) is 3.50. The van der Waals surface area contributed by atoms with E-state index in [0.717, 1.165) is 10.0 Å². The molecule has 1 atom stereocenters. The smallest absolute Gasteiger partial charge is 0.338 e. The van der Waals surface area contributed by atoms with Crippen molar-refractivity contribution >= 4 is 33.9 Å². The number of esters is 2. The number of benzene rings is 1. The molecule has 0 aliphatic carbocycles. The second kappa shape index (κ2) is 8.66. The molecule has 1 aliphatic rings. The Kier molecular flexibility index (Phi) is 6.58. The molecule has 0 radical (unpaired) electrons. The summed E-state index contributed by atoms with van der Waals surface area (Å²) < 4.78 is 11.1. The van der Waals surface area contributed by atoms with Gasteiger partial charge < -0.3 is 20.1 Å². The van der Waals surface area contributed by atoms with Crippen molar-refractivity contribution in [2.75, 3.05) is 13.2 Å². The van der Waals surface area contributed by atoms with E-state index in [1.54, 1.807) is 13.8 Å². The minimum absolute atomic E-state index is 0.0943. The first kappa shape index (κ1) is 19.0. The van der Waals surface area contributed by atoms with Gasteiger partial charge in [-0.3, -0.25) is 4.79 Å². The molecule has 1 aliphatic heterocycles. The van der Waals surface area contributed by atoms with Gasteiger partial charge in [0.2, 0.25) is 0 Å². The molecule has 0 bridgehead atoms. The molecule has 7 nitrogen and oxygen atoms in total. The molecule has 134 valence electrons. The molecule has 25 heavy (non-hydrogen) atoms. The summed E-state index contributed by atoms with van der Waals surface area (Å²) >= 11 is 3.33. The van der Waals surface area contributed by atoms with E-state index in [2.05, 4.69) is 26.6 Å². The van der Waals surface area contributed by atoms with Crippen LogP contribution < -0.4 is 10.6 Å². The molecule has 0 unspecified atom stereocenters. The molecule has 1 aromatic rings. The topological polar surface area (TPSA) is 93.7 Å². The Morgan fingerprint density at radius 2 is 1.88 bits per heavy atom. The first-order valence-electron chi connectivity index (χ1n) is 7.78. The fraction of sp³-hybridized carbons (Fsp3) is 0.353. The van der Waals surface area contributed by atoms with Gasteiger partial charge in [-0.15, -0.1) is 0 Å². The molecule has 0 saturated heterocycles. The Hall–Kier alpha value is -2.35. The summed E-state index contributed by atoms with van der Waals surface area (Å²) in [7, 11) is 0. The van der Waals surface area contributed by atoms with Gasteiger partial charge in [0.25, 0.3) is 0 Å². The molecule has 0 saturated carbocycles. The van der Waals surface area contributed by atoms with E-state index in [4.69, 9.17) is 9.47 Å². The van der Waals surface area contributed by atoms with Crippen LogP contribution in [0.3, 0.4) is 0 Å². The first-order valence-corrected chi connectivity index (χ1v) is 8.57. The predicted octanol–water partition coefficient (Wildman–Crippen LogP) is 2.05. The molecule has 2 N–H and O–H groups in total. The summed E-state index contributed by atoms with van der Waals surface area (Å²) in [6, 6.07) is 6.29. The summed E-state index contributed by atoms with van der Waals surface area (Å²) in [6.07, 6.45) is 0.0943. The number of urea groups is 1. The third-order valence-corrected chi connectivity index (χ3v) is 4.03. The van der Waals surface area contributed by atoms with E-state index in [1.807, 2.05) is 24.3 Å². The SMILES string of the molecule is CCOC(=O)C1=C(COC(=O)Cc2ccc(Br)cc2)NC(=O)N[C@@H]1C. The van der Waals surface area contributed by atoms with Gasteiger partial charge in [0.05, 0.1) is 30.3 Å². The van der Waals surface area contributed by atoms with Gasteiger partial charge in [0.1, 0.15) is 6.61 Å². The fourth-order valence-electron chi connectivity index (χ4n) is 2.37. The Labute approximate surface area is 153 Å². The molecule has 1 heterocycles. The van der Waals surface area contributed by atoms with Crippen molar-refractivity contribution in [1.82, 2.24) is 10.6 Å². The summed E-state index contributed by atoms with van der Waals surface area (Å²) in [5.74, 6) is -1.01. The molecule has 0 fully saturated rings. The molecule has 1 aromatic carbocycles. The highest BCUT2D eigenvalue weighted by molar-refractivity contribution is 9.10. The minimum atomic E-state index is -0.554. The highest BCUT2D eigenvalue weighted by atomic mass is 79.9. The molecule has 2 rings (SSSR count). The van der Waals surface area contributed by atoms with E-state index in [-0.39, 0.29) is 30.9 Å². The maximum Gasteiger partial charge on any atom is 0.338 e. The first-order chi connectivity index (χ1) is 11.9. The van der Waals surface area contributed by atoms with Gasteiger partial charge in [-0.2, -0.15) is 0 Å². The second-order valence-electron chi connectivity index (χ2n) is 5.40. The number of carbonyl (C=O) groups excluding carboxylic acids is 3. The zero-order chi connectivity index (χ0) is 18.4. The van der Waals surface area contributed by atoms with Crippen molar-refractivity contribution in [3.8, 4) is 0 Å². The van der Waals surface area contributed by atoms with Crippen molar-refractivity contribution in [3.05, 3.63) is 45.6 Å². The highest BCUT2D eigenvalue weighted by Gasteiger charge is 2.30. The van der Waals surface area contributed by atoms with Gasteiger partial charge in [0, 0.05) is 4.47 Å². The Morgan fingerprint density at radius 1 is 1.20 bits per heavy atom. The lowest BCUT2D eigenvalue weighted by atomic mass is 10.0. The average molecular weight is 411 g/mol. The lowest BCUT2D eigenvalue weighted by Gasteiger charge is -2.26. The Morgan fingerprint density at radius 3 is 2.52 bits per heavy atom. The van der Waals surface area contributed by atoms with Gasteiger partial charge in [-0.1, -0.05) is 28.1 Å². The van der Waals surface area contributed by atoms with E-state index in [9.17, 15) is 14.4 Å². The van der Waals surface area contributed by atoms with Gasteiger partial charge >= 0.3 is 18.0 Å². The largest absolute Gasteiger partial charge is 0.463 e. The number of rotatable bonds is 6. The normalized spacial score (nSPS) is 16.8. The van der Waals surface area contributed by atoms with Crippen LogP contribution in [0, 0.1) is 0 Å². The number of ether oxygens (including phenoxy) is 2. The van der Waals surface area contributed by atoms with Crippen LogP contribution >= 0.6 is 15.9 Å². The van der Waals surface area contributed by atoms with Crippen molar-refractivity contribution in [3.63, 3.8) is 0 Å². The van der Waals surface area contributed by atoms with Crippen LogP contribution in [0.5, 0.6) is 0 Å². The lowest BCUT2D eigenvalue weighted by Crippen LogP contribution is -2.50. The number of hydrogen-bond donors (Lipinski definition) is 2. The molecule has 2 amide bonds. The van der Waals surface area contributed by atoms with Crippen molar-refractivity contribution in [2.45, 2.75) is 26.3 Å². The van der Waals surface area contributed by atoms with E-state index in [0.29, 0.717) is 0 Å². The van der Waals surface area contributed by atoms with Crippen molar-refractivity contribution in [1.29, 1.82) is 0 Å². The van der Waals surface area contributed by atoms with Gasteiger partial charge in [-0.25, -0.2) is 9.59 Å². The summed E-state index contributed by atoms with van der Waals surface area (Å²) in [6.45, 7) is 3.35. The van der Waals surface area contributed by atoms with Crippen LogP contribution in [0.4, 0.5) is 4.79 Å². The van der Waals surface area contributed by atoms with Crippen LogP contribution in [0.1, 0.15) is 19.4 Å². The fourth-order valence-corrected chi connectivity index (χ4v) is 2.63. The second-order valence-corrected chi connectivity index (χ2v) is 6.31. The quantitative estimate of drug-likeness (QED) is 0.699. The van der Waals surface area contributed by atoms with E-state index < -0.39 is 24.0 Å². The molecule has 0 aromatic heterocycles. The monoisotopic (exact) mass is 410 g/mol. The van der Waals surface area contributed by atoms with Crippen molar-refractivity contribution in [2.24, 2.45) is 0 Å². The van der Waals surface area contributed by atoms with E-state index in [1.165, 1.54) is 0 Å². The Balaban J connectivity index is 2.05.